The van der Waals surface area contributed by atoms with Crippen molar-refractivity contribution in [2.45, 2.75) is 25.7 Å². The zero-order chi connectivity index (χ0) is 14.2. The second-order valence-electron chi connectivity index (χ2n) is 5.65. The Kier molecular flexibility index (Phi) is 3.43. The van der Waals surface area contributed by atoms with E-state index in [2.05, 4.69) is 52.7 Å². The van der Waals surface area contributed by atoms with Crippen LogP contribution in [0.5, 0.6) is 0 Å². The van der Waals surface area contributed by atoms with Crippen LogP contribution in [-0.4, -0.2) is 19.2 Å². The van der Waals surface area contributed by atoms with E-state index in [1.165, 1.54) is 27.3 Å². The molecule has 1 saturated heterocycles. The van der Waals surface area contributed by atoms with Gasteiger partial charge in [-0.05, 0) is 25.5 Å². The molecule has 2 unspecified atom stereocenters. The first-order valence-electron chi connectivity index (χ1n) is 7.37. The Morgan fingerprint density at radius 2 is 2.10 bits per heavy atom. The molecular weight excluding hydrogens is 282 g/mol. The average Bonchev–Trinajstić information content (AvgIpc) is 3.20. The van der Waals surface area contributed by atoms with Gasteiger partial charge in [0.1, 0.15) is 0 Å². The Balaban J connectivity index is 1.58. The first-order chi connectivity index (χ1) is 10.3. The molecule has 2 aromatic rings. The van der Waals surface area contributed by atoms with Gasteiger partial charge in [0.05, 0.1) is 16.7 Å². The number of aryl methyl sites for hydroxylation is 1. The maximum atomic E-state index is 6.14. The van der Waals surface area contributed by atoms with Gasteiger partial charge in [-0.1, -0.05) is 29.8 Å². The van der Waals surface area contributed by atoms with Crippen molar-refractivity contribution in [3.05, 3.63) is 40.1 Å². The number of hydrazine groups is 1. The van der Waals surface area contributed by atoms with Crippen LogP contribution in [0.4, 0.5) is 5.69 Å². The summed E-state index contributed by atoms with van der Waals surface area (Å²) in [6.07, 6.45) is 1.36. The fourth-order valence-electron chi connectivity index (χ4n) is 2.88. The van der Waals surface area contributed by atoms with Crippen LogP contribution < -0.4 is 16.2 Å². The maximum Gasteiger partial charge on any atom is 0.162 e. The van der Waals surface area contributed by atoms with Crippen molar-refractivity contribution in [3.8, 4) is 11.1 Å². The number of anilines is 1. The summed E-state index contributed by atoms with van der Waals surface area (Å²) in [5.74, 6) is 0. The molecule has 2 aliphatic rings. The van der Waals surface area contributed by atoms with Gasteiger partial charge in [-0.2, -0.15) is 0 Å². The first kappa shape index (κ1) is 13.3. The predicted octanol–water partition coefficient (Wildman–Crippen LogP) is 3.03. The number of hydrogen-bond acceptors (Lipinski definition) is 5. The molecule has 0 saturated carbocycles. The van der Waals surface area contributed by atoms with E-state index in [0.717, 1.165) is 19.5 Å². The summed E-state index contributed by atoms with van der Waals surface area (Å²) < 4.78 is 6.14. The number of rotatable bonds is 3. The van der Waals surface area contributed by atoms with Crippen LogP contribution in [0.15, 0.2) is 29.6 Å². The van der Waals surface area contributed by atoms with Gasteiger partial charge in [-0.25, -0.2) is 5.43 Å². The molecule has 1 aromatic heterocycles. The number of benzene rings is 1. The van der Waals surface area contributed by atoms with Gasteiger partial charge in [0.2, 0.25) is 0 Å². The normalized spacial score (nSPS) is 24.0. The third-order valence-electron chi connectivity index (χ3n) is 4.09. The van der Waals surface area contributed by atoms with E-state index in [4.69, 9.17) is 4.74 Å². The predicted molar refractivity (Wildman–Crippen MR) is 86.4 cm³/mol. The van der Waals surface area contributed by atoms with Crippen LogP contribution in [0.1, 0.15) is 23.1 Å². The minimum atomic E-state index is -0.0332. The van der Waals surface area contributed by atoms with Crippen molar-refractivity contribution in [1.29, 1.82) is 0 Å². The molecule has 0 bridgehead atoms. The highest BCUT2D eigenvalue weighted by molar-refractivity contribution is 7.11. The third kappa shape index (κ3) is 2.46. The Bertz CT molecular complexity index is 631. The van der Waals surface area contributed by atoms with Crippen LogP contribution in [0.25, 0.3) is 11.1 Å². The average molecular weight is 301 g/mol. The zero-order valence-corrected chi connectivity index (χ0v) is 12.8. The molecule has 5 heteroatoms. The summed E-state index contributed by atoms with van der Waals surface area (Å²) in [5, 5.41) is 5.55. The van der Waals surface area contributed by atoms with Crippen molar-refractivity contribution in [2.75, 3.05) is 18.5 Å². The zero-order valence-electron chi connectivity index (χ0n) is 12.0. The summed E-state index contributed by atoms with van der Waals surface area (Å²) in [5.41, 5.74) is 11.5. The molecule has 3 N–H and O–H groups in total. The molecular formula is C16H19N3OS. The van der Waals surface area contributed by atoms with Gasteiger partial charge in [0, 0.05) is 17.5 Å². The summed E-state index contributed by atoms with van der Waals surface area (Å²) in [6, 6.07) is 8.66. The summed E-state index contributed by atoms with van der Waals surface area (Å²) in [4.78, 5) is 1.25. The minimum absolute atomic E-state index is 0.0332. The van der Waals surface area contributed by atoms with Crippen LogP contribution in [0.2, 0.25) is 0 Å². The highest BCUT2D eigenvalue weighted by atomic mass is 32.1. The molecule has 2 atom stereocenters. The Hall–Kier alpha value is -1.40. The fourth-order valence-corrected chi connectivity index (χ4v) is 3.89. The molecule has 4 nitrogen and oxygen atoms in total. The molecule has 21 heavy (non-hydrogen) atoms. The number of hydrogen-bond donors (Lipinski definition) is 3. The van der Waals surface area contributed by atoms with E-state index in [0.29, 0.717) is 6.10 Å². The minimum Gasteiger partial charge on any atom is -0.352 e. The molecule has 0 amide bonds. The SMILES string of the molecule is Cc1ccc(-c2csc3c2NNC3OC2CCNC2)cc1. The number of ether oxygens (including phenoxy) is 1. The standard InChI is InChI=1S/C16H19N3OS/c1-10-2-4-11(5-3-10)13-9-21-15-14(13)18-19-16(15)20-12-6-7-17-8-12/h2-5,9,12,16-19H,6-8H2,1H3. The highest BCUT2D eigenvalue weighted by Gasteiger charge is 2.30. The molecule has 0 aliphatic carbocycles. The van der Waals surface area contributed by atoms with Crippen LogP contribution in [0, 0.1) is 6.92 Å². The van der Waals surface area contributed by atoms with Gasteiger partial charge in [-0.15, -0.1) is 11.3 Å². The molecule has 3 heterocycles. The molecule has 0 radical (unpaired) electrons. The number of nitrogens with one attached hydrogen (secondary N) is 3. The van der Waals surface area contributed by atoms with Crippen LogP contribution in [0.3, 0.4) is 0 Å². The fraction of sp³-hybridized carbons (Fsp3) is 0.375. The second-order valence-corrected chi connectivity index (χ2v) is 6.57. The van der Waals surface area contributed by atoms with E-state index in [1.807, 2.05) is 0 Å². The Morgan fingerprint density at radius 1 is 1.24 bits per heavy atom. The third-order valence-corrected chi connectivity index (χ3v) is 5.12. The number of thiophene rings is 1. The van der Waals surface area contributed by atoms with Gasteiger partial charge in [0.15, 0.2) is 6.23 Å². The van der Waals surface area contributed by atoms with Gasteiger partial charge >= 0.3 is 0 Å². The van der Waals surface area contributed by atoms with Crippen molar-refractivity contribution in [2.24, 2.45) is 0 Å². The van der Waals surface area contributed by atoms with Gasteiger partial charge in [0.25, 0.3) is 0 Å². The van der Waals surface area contributed by atoms with Crippen molar-refractivity contribution >= 4 is 17.0 Å². The van der Waals surface area contributed by atoms with E-state index in [1.54, 1.807) is 11.3 Å². The molecule has 4 rings (SSSR count). The summed E-state index contributed by atoms with van der Waals surface area (Å²) in [6.45, 7) is 4.11. The van der Waals surface area contributed by atoms with Crippen molar-refractivity contribution in [1.82, 2.24) is 10.7 Å². The lowest BCUT2D eigenvalue weighted by Gasteiger charge is -2.16. The lowest BCUT2D eigenvalue weighted by Crippen LogP contribution is -2.27. The number of fused-ring (bicyclic) bond motifs is 1. The van der Waals surface area contributed by atoms with E-state index < -0.39 is 0 Å². The molecule has 0 spiro atoms. The Labute approximate surface area is 128 Å². The largest absolute Gasteiger partial charge is 0.352 e. The maximum absolute atomic E-state index is 6.14. The van der Waals surface area contributed by atoms with E-state index in [-0.39, 0.29) is 6.23 Å². The molecule has 110 valence electrons. The summed E-state index contributed by atoms with van der Waals surface area (Å²) in [7, 11) is 0. The smallest absolute Gasteiger partial charge is 0.162 e. The van der Waals surface area contributed by atoms with Crippen molar-refractivity contribution in [3.63, 3.8) is 0 Å². The van der Waals surface area contributed by atoms with Gasteiger partial charge in [-0.3, -0.25) is 0 Å². The van der Waals surface area contributed by atoms with Crippen LogP contribution in [-0.2, 0) is 4.74 Å². The highest BCUT2D eigenvalue weighted by Crippen LogP contribution is 2.43. The molecule has 2 aliphatic heterocycles. The van der Waals surface area contributed by atoms with Crippen LogP contribution >= 0.6 is 11.3 Å². The Morgan fingerprint density at radius 3 is 2.86 bits per heavy atom. The first-order valence-corrected chi connectivity index (χ1v) is 8.25. The topological polar surface area (TPSA) is 45.3 Å². The monoisotopic (exact) mass is 301 g/mol. The lowest BCUT2D eigenvalue weighted by atomic mass is 10.1. The van der Waals surface area contributed by atoms with E-state index >= 15 is 0 Å². The molecule has 1 fully saturated rings. The van der Waals surface area contributed by atoms with E-state index in [9.17, 15) is 0 Å². The quantitative estimate of drug-likeness (QED) is 0.815. The summed E-state index contributed by atoms with van der Waals surface area (Å²) >= 11 is 1.76. The van der Waals surface area contributed by atoms with Crippen molar-refractivity contribution < 1.29 is 4.74 Å². The van der Waals surface area contributed by atoms with Gasteiger partial charge < -0.3 is 15.5 Å². The second kappa shape index (κ2) is 5.42. The lowest BCUT2D eigenvalue weighted by molar-refractivity contribution is -0.0110. The molecule has 1 aromatic carbocycles.